The lowest BCUT2D eigenvalue weighted by atomic mass is 10.1. The lowest BCUT2D eigenvalue weighted by Gasteiger charge is -2.32. The van der Waals surface area contributed by atoms with Gasteiger partial charge in [0, 0.05) is 32.1 Å². The number of carbonyl (C=O) groups is 1. The van der Waals surface area contributed by atoms with Crippen molar-refractivity contribution < 1.29 is 4.79 Å². The smallest absolute Gasteiger partial charge is 0.263 e. The number of hydrogen-bond acceptors (Lipinski definition) is 7. The van der Waals surface area contributed by atoms with Crippen molar-refractivity contribution in [2.75, 3.05) is 18.0 Å². The minimum absolute atomic E-state index is 0.00400. The zero-order chi connectivity index (χ0) is 17.3. The van der Waals surface area contributed by atoms with Crippen molar-refractivity contribution in [3.63, 3.8) is 0 Å². The van der Waals surface area contributed by atoms with E-state index in [9.17, 15) is 4.79 Å². The molecule has 3 rings (SSSR count). The average molecular weight is 349 g/mol. The summed E-state index contributed by atoms with van der Waals surface area (Å²) in [7, 11) is 1.84. The van der Waals surface area contributed by atoms with Crippen molar-refractivity contribution in [1.29, 1.82) is 0 Å². The van der Waals surface area contributed by atoms with Gasteiger partial charge in [-0.2, -0.15) is 0 Å². The van der Waals surface area contributed by atoms with Crippen molar-refractivity contribution in [3.8, 4) is 0 Å². The largest absolute Gasteiger partial charge is 0.348 e. The normalized spacial score (nSPS) is 16.0. The Kier molecular flexibility index (Phi) is 4.79. The Hall–Kier alpha value is -2.03. The maximum absolute atomic E-state index is 12.5. The summed E-state index contributed by atoms with van der Waals surface area (Å²) < 4.78 is 1.67. The third kappa shape index (κ3) is 3.40. The maximum atomic E-state index is 12.5. The molecule has 1 N–H and O–H groups in total. The van der Waals surface area contributed by atoms with Gasteiger partial charge in [0.05, 0.1) is 10.7 Å². The van der Waals surface area contributed by atoms with Crippen LogP contribution >= 0.6 is 11.3 Å². The third-order valence-electron chi connectivity index (χ3n) is 4.22. The predicted octanol–water partition coefficient (Wildman–Crippen LogP) is 1.50. The molecule has 1 aliphatic heterocycles. The van der Waals surface area contributed by atoms with Crippen LogP contribution in [-0.4, -0.2) is 50.2 Å². The molecule has 2 aromatic rings. The standard InChI is InChI=1S/C15H23N7OS/c1-9(2)14-16-10(3)12(24-14)13(23)17-11-5-7-22(8-6-11)15-18-19-20-21(15)4/h9,11H,5-8H2,1-4H3,(H,17,23). The molecule has 0 aromatic carbocycles. The van der Waals surface area contributed by atoms with Gasteiger partial charge in [0.2, 0.25) is 5.95 Å². The summed E-state index contributed by atoms with van der Waals surface area (Å²) in [6.07, 6.45) is 1.76. The molecular formula is C15H23N7OS. The van der Waals surface area contributed by atoms with E-state index in [0.717, 1.165) is 47.5 Å². The summed E-state index contributed by atoms with van der Waals surface area (Å²) >= 11 is 1.50. The van der Waals surface area contributed by atoms with Gasteiger partial charge in [0.25, 0.3) is 5.91 Å². The van der Waals surface area contributed by atoms with Gasteiger partial charge >= 0.3 is 0 Å². The molecule has 2 aromatic heterocycles. The van der Waals surface area contributed by atoms with E-state index in [1.165, 1.54) is 11.3 Å². The van der Waals surface area contributed by atoms with Gasteiger partial charge in [0.15, 0.2) is 0 Å². The SMILES string of the molecule is Cc1nc(C(C)C)sc1C(=O)NC1CCN(c2nnnn2C)CC1. The molecule has 130 valence electrons. The number of rotatable bonds is 4. The van der Waals surface area contributed by atoms with Crippen molar-refractivity contribution in [2.24, 2.45) is 7.05 Å². The zero-order valence-electron chi connectivity index (χ0n) is 14.5. The molecule has 3 heterocycles. The summed E-state index contributed by atoms with van der Waals surface area (Å²) in [4.78, 5) is 19.9. The van der Waals surface area contributed by atoms with Gasteiger partial charge in [-0.25, -0.2) is 9.67 Å². The quantitative estimate of drug-likeness (QED) is 0.900. The van der Waals surface area contributed by atoms with E-state index in [1.807, 2.05) is 14.0 Å². The second kappa shape index (κ2) is 6.84. The van der Waals surface area contributed by atoms with Crippen LogP contribution in [0.25, 0.3) is 0 Å². The number of aromatic nitrogens is 5. The summed E-state index contributed by atoms with van der Waals surface area (Å²) in [6, 6.07) is 0.180. The van der Waals surface area contributed by atoms with E-state index in [-0.39, 0.29) is 11.9 Å². The molecule has 1 amide bonds. The van der Waals surface area contributed by atoms with E-state index in [4.69, 9.17) is 0 Å². The molecule has 0 bridgehead atoms. The number of piperidine rings is 1. The van der Waals surface area contributed by atoms with E-state index in [2.05, 4.69) is 44.6 Å². The highest BCUT2D eigenvalue weighted by atomic mass is 32.1. The Morgan fingerprint density at radius 1 is 1.33 bits per heavy atom. The Balaban J connectivity index is 1.58. The fourth-order valence-electron chi connectivity index (χ4n) is 2.84. The highest BCUT2D eigenvalue weighted by molar-refractivity contribution is 7.13. The van der Waals surface area contributed by atoms with E-state index in [1.54, 1.807) is 4.68 Å². The Bertz CT molecular complexity index is 715. The molecule has 8 nitrogen and oxygen atoms in total. The summed E-state index contributed by atoms with van der Waals surface area (Å²) in [5.74, 6) is 1.12. The molecule has 0 atom stereocenters. The minimum Gasteiger partial charge on any atom is -0.348 e. The molecule has 1 fully saturated rings. The van der Waals surface area contributed by atoms with Crippen LogP contribution in [0.5, 0.6) is 0 Å². The lowest BCUT2D eigenvalue weighted by molar-refractivity contribution is 0.0934. The molecule has 0 unspecified atom stereocenters. The second-order valence-electron chi connectivity index (χ2n) is 6.46. The first-order chi connectivity index (χ1) is 11.5. The molecule has 0 spiro atoms. The number of amides is 1. The number of thiazole rings is 1. The van der Waals surface area contributed by atoms with E-state index >= 15 is 0 Å². The maximum Gasteiger partial charge on any atom is 0.263 e. The number of tetrazole rings is 1. The van der Waals surface area contributed by atoms with Gasteiger partial charge in [-0.1, -0.05) is 18.9 Å². The number of hydrogen-bond donors (Lipinski definition) is 1. The van der Waals surface area contributed by atoms with Crippen LogP contribution in [0, 0.1) is 6.92 Å². The number of aryl methyl sites for hydroxylation is 2. The Morgan fingerprint density at radius 3 is 2.58 bits per heavy atom. The van der Waals surface area contributed by atoms with Crippen molar-refractivity contribution in [3.05, 3.63) is 15.6 Å². The molecule has 0 radical (unpaired) electrons. The number of anilines is 1. The van der Waals surface area contributed by atoms with Crippen molar-refractivity contribution in [1.82, 2.24) is 30.5 Å². The number of nitrogens with one attached hydrogen (secondary N) is 1. The van der Waals surface area contributed by atoms with Crippen LogP contribution < -0.4 is 10.2 Å². The van der Waals surface area contributed by atoms with Gasteiger partial charge in [-0.3, -0.25) is 4.79 Å². The van der Waals surface area contributed by atoms with Gasteiger partial charge in [-0.05, 0) is 30.2 Å². The van der Waals surface area contributed by atoms with Crippen molar-refractivity contribution in [2.45, 2.75) is 45.6 Å². The van der Waals surface area contributed by atoms with Crippen LogP contribution in [0.3, 0.4) is 0 Å². The fourth-order valence-corrected chi connectivity index (χ4v) is 3.81. The monoisotopic (exact) mass is 349 g/mol. The molecule has 0 aliphatic carbocycles. The van der Waals surface area contributed by atoms with Gasteiger partial charge in [0.1, 0.15) is 4.88 Å². The zero-order valence-corrected chi connectivity index (χ0v) is 15.3. The minimum atomic E-state index is -0.00400. The molecule has 24 heavy (non-hydrogen) atoms. The Labute approximate surface area is 145 Å². The van der Waals surface area contributed by atoms with Crippen LogP contribution in [0.2, 0.25) is 0 Å². The van der Waals surface area contributed by atoms with Crippen molar-refractivity contribution >= 4 is 23.2 Å². The lowest BCUT2D eigenvalue weighted by Crippen LogP contribution is -2.45. The predicted molar refractivity (Wildman–Crippen MR) is 92.4 cm³/mol. The molecule has 9 heteroatoms. The highest BCUT2D eigenvalue weighted by Crippen LogP contribution is 2.25. The van der Waals surface area contributed by atoms with Crippen LogP contribution in [-0.2, 0) is 7.05 Å². The van der Waals surface area contributed by atoms with Gasteiger partial charge < -0.3 is 10.2 Å². The summed E-state index contributed by atoms with van der Waals surface area (Å²) in [5.41, 5.74) is 0.823. The molecule has 0 saturated carbocycles. The molecular weight excluding hydrogens is 326 g/mol. The topological polar surface area (TPSA) is 88.8 Å². The molecule has 1 saturated heterocycles. The number of carbonyl (C=O) groups excluding carboxylic acids is 1. The Morgan fingerprint density at radius 2 is 2.04 bits per heavy atom. The first-order valence-electron chi connectivity index (χ1n) is 8.21. The summed E-state index contributed by atoms with van der Waals surface area (Å²) in [6.45, 7) is 7.76. The fraction of sp³-hybridized carbons (Fsp3) is 0.667. The molecule has 1 aliphatic rings. The van der Waals surface area contributed by atoms with E-state index < -0.39 is 0 Å². The summed E-state index contributed by atoms with van der Waals surface area (Å²) in [5, 5.41) is 15.7. The van der Waals surface area contributed by atoms with Crippen LogP contribution in [0.1, 0.15) is 53.0 Å². The second-order valence-corrected chi connectivity index (χ2v) is 7.49. The van der Waals surface area contributed by atoms with Crippen LogP contribution in [0.4, 0.5) is 5.95 Å². The highest BCUT2D eigenvalue weighted by Gasteiger charge is 2.25. The van der Waals surface area contributed by atoms with Crippen LogP contribution in [0.15, 0.2) is 0 Å². The first-order valence-corrected chi connectivity index (χ1v) is 9.03. The first kappa shape index (κ1) is 16.8. The van der Waals surface area contributed by atoms with E-state index in [0.29, 0.717) is 5.92 Å². The average Bonchev–Trinajstić information content (AvgIpc) is 3.14. The number of nitrogens with zero attached hydrogens (tertiary/aromatic N) is 6. The third-order valence-corrected chi connectivity index (χ3v) is 5.68. The van der Waals surface area contributed by atoms with Gasteiger partial charge in [-0.15, -0.1) is 11.3 Å².